The van der Waals surface area contributed by atoms with Crippen molar-refractivity contribution in [3.05, 3.63) is 89.5 Å². The fourth-order valence-electron chi connectivity index (χ4n) is 5.06. The summed E-state index contributed by atoms with van der Waals surface area (Å²) >= 11 is 0. The number of carbonyl (C=O) groups is 2. The number of anilines is 1. The van der Waals surface area contributed by atoms with Crippen LogP contribution in [0.4, 0.5) is 18.9 Å². The number of hydrogen-bond acceptors (Lipinski definition) is 4. The van der Waals surface area contributed by atoms with Crippen molar-refractivity contribution in [2.45, 2.75) is 38.3 Å². The second kappa shape index (κ2) is 13.1. The number of rotatable bonds is 9. The van der Waals surface area contributed by atoms with Gasteiger partial charge in [0.25, 0.3) is 0 Å². The molecule has 1 aliphatic heterocycles. The fourth-order valence-corrected chi connectivity index (χ4v) is 5.06. The topological polar surface area (TPSA) is 59.1 Å². The smallest absolute Gasteiger partial charge is 0.416 e. The summed E-state index contributed by atoms with van der Waals surface area (Å²) in [6.07, 6.45) is -2.42. The molecule has 3 aromatic carbocycles. The Bertz CT molecular complexity index is 1320. The fraction of sp³-hybridized carbons (Fsp3) is 0.375. The van der Waals surface area contributed by atoms with Crippen LogP contribution in [0, 0.1) is 5.92 Å². The molecule has 2 amide bonds. The normalized spacial score (nSPS) is 14.8. The quantitative estimate of drug-likeness (QED) is 0.283. The third kappa shape index (κ3) is 7.20. The Balaban J connectivity index is 1.70. The number of carbonyl (C=O) groups excluding carboxylic acids is 2. The zero-order valence-electron chi connectivity index (χ0n) is 23.5. The molecule has 0 spiro atoms. The minimum absolute atomic E-state index is 0.132. The molecule has 0 aliphatic carbocycles. The minimum atomic E-state index is -4.43. The molecule has 1 fully saturated rings. The van der Waals surface area contributed by atoms with Gasteiger partial charge in [0.05, 0.1) is 19.8 Å². The van der Waals surface area contributed by atoms with E-state index in [2.05, 4.69) is 6.92 Å². The van der Waals surface area contributed by atoms with E-state index in [1.165, 1.54) is 31.3 Å². The van der Waals surface area contributed by atoms with Gasteiger partial charge in [-0.15, -0.1) is 0 Å². The zero-order valence-corrected chi connectivity index (χ0v) is 23.5. The van der Waals surface area contributed by atoms with Crippen molar-refractivity contribution in [1.82, 2.24) is 4.90 Å². The van der Waals surface area contributed by atoms with Crippen LogP contribution in [0.2, 0.25) is 0 Å². The van der Waals surface area contributed by atoms with Gasteiger partial charge >= 0.3 is 6.18 Å². The van der Waals surface area contributed by atoms with E-state index in [1.807, 2.05) is 6.07 Å². The summed E-state index contributed by atoms with van der Waals surface area (Å²) in [6, 6.07) is 18.9. The van der Waals surface area contributed by atoms with Crippen LogP contribution in [-0.4, -0.2) is 50.6 Å². The molecule has 1 heterocycles. The van der Waals surface area contributed by atoms with Gasteiger partial charge in [0.1, 0.15) is 5.92 Å². The first-order valence-corrected chi connectivity index (χ1v) is 13.7. The first-order chi connectivity index (χ1) is 19.6. The van der Waals surface area contributed by atoms with Crippen LogP contribution >= 0.6 is 0 Å². The third-order valence-electron chi connectivity index (χ3n) is 7.57. The number of likely N-dealkylation sites (tertiary alicyclic amines) is 1. The summed E-state index contributed by atoms with van der Waals surface area (Å²) in [5.41, 5.74) is 0.963. The van der Waals surface area contributed by atoms with E-state index in [0.717, 1.165) is 25.0 Å². The summed E-state index contributed by atoms with van der Waals surface area (Å²) in [6.45, 7) is 3.45. The Kier molecular flexibility index (Phi) is 9.57. The summed E-state index contributed by atoms with van der Waals surface area (Å²) < 4.78 is 50.1. The van der Waals surface area contributed by atoms with Crippen LogP contribution in [0.15, 0.2) is 72.8 Å². The second-order valence-corrected chi connectivity index (χ2v) is 10.3. The molecule has 218 valence electrons. The summed E-state index contributed by atoms with van der Waals surface area (Å²) in [7, 11) is 3.00. The van der Waals surface area contributed by atoms with E-state index in [-0.39, 0.29) is 18.9 Å². The Morgan fingerprint density at radius 3 is 2.15 bits per heavy atom. The predicted octanol–water partition coefficient (Wildman–Crippen LogP) is 6.34. The van der Waals surface area contributed by atoms with E-state index >= 15 is 0 Å². The number of hydrogen-bond donors (Lipinski definition) is 0. The summed E-state index contributed by atoms with van der Waals surface area (Å²) in [5.74, 6) is -0.358. The van der Waals surface area contributed by atoms with Gasteiger partial charge in [-0.3, -0.25) is 9.59 Å². The Hall–Kier alpha value is -4.01. The molecule has 6 nitrogen and oxygen atoms in total. The van der Waals surface area contributed by atoms with Crippen LogP contribution in [0.3, 0.4) is 0 Å². The highest BCUT2D eigenvalue weighted by Crippen LogP contribution is 2.34. The molecule has 4 rings (SSSR count). The number of alkyl halides is 3. The van der Waals surface area contributed by atoms with E-state index in [1.54, 1.807) is 47.4 Å². The van der Waals surface area contributed by atoms with Crippen LogP contribution in [0.5, 0.6) is 11.5 Å². The van der Waals surface area contributed by atoms with Gasteiger partial charge in [0, 0.05) is 31.4 Å². The van der Waals surface area contributed by atoms with Gasteiger partial charge in [-0.05, 0) is 60.6 Å². The molecule has 0 bridgehead atoms. The molecule has 1 saturated heterocycles. The number of halogens is 3. The van der Waals surface area contributed by atoms with E-state index in [4.69, 9.17) is 9.47 Å². The molecule has 1 unspecified atom stereocenters. The first-order valence-electron chi connectivity index (χ1n) is 13.7. The van der Waals surface area contributed by atoms with E-state index in [9.17, 15) is 22.8 Å². The zero-order chi connectivity index (χ0) is 29.6. The molecule has 0 radical (unpaired) electrons. The number of piperidine rings is 1. The molecule has 3 aromatic rings. The average Bonchev–Trinajstić information content (AvgIpc) is 2.98. The van der Waals surface area contributed by atoms with Crippen molar-refractivity contribution in [2.75, 3.05) is 38.8 Å². The maximum Gasteiger partial charge on any atom is 0.416 e. The van der Waals surface area contributed by atoms with Crippen molar-refractivity contribution in [2.24, 2.45) is 5.92 Å². The van der Waals surface area contributed by atoms with Crippen molar-refractivity contribution in [3.63, 3.8) is 0 Å². The van der Waals surface area contributed by atoms with Gasteiger partial charge in [-0.1, -0.05) is 49.4 Å². The highest BCUT2D eigenvalue weighted by Gasteiger charge is 2.37. The highest BCUT2D eigenvalue weighted by atomic mass is 19.4. The van der Waals surface area contributed by atoms with E-state index in [0.29, 0.717) is 47.3 Å². The van der Waals surface area contributed by atoms with Crippen LogP contribution in [0.1, 0.15) is 42.4 Å². The van der Waals surface area contributed by atoms with Crippen molar-refractivity contribution < 1.29 is 32.2 Å². The standard InChI is InChI=1S/C32H35F3N2O4/c1-22-15-18-36(19-16-22)30(38)29(24-7-5-4-6-8-24)31(39)37(26-13-14-27(40-2)28(21-26)41-3)20-17-23-9-11-25(12-10-23)32(33,34)35/h4-14,21-22,29H,15-20H2,1-3H3. The lowest BCUT2D eigenvalue weighted by molar-refractivity contribution is -0.139. The SMILES string of the molecule is COc1ccc(N(CCc2ccc(C(F)(F)F)cc2)C(=O)C(C(=O)N2CCC(C)CC2)c2ccccc2)cc1OC. The maximum absolute atomic E-state index is 14.4. The van der Waals surface area contributed by atoms with Gasteiger partial charge in [0.15, 0.2) is 11.5 Å². The van der Waals surface area contributed by atoms with Crippen LogP contribution in [-0.2, 0) is 22.2 Å². The average molecular weight is 569 g/mol. The lowest BCUT2D eigenvalue weighted by Gasteiger charge is -2.34. The molecule has 0 saturated carbocycles. The molecule has 1 aliphatic rings. The molecule has 41 heavy (non-hydrogen) atoms. The number of benzene rings is 3. The van der Waals surface area contributed by atoms with E-state index < -0.39 is 23.6 Å². The summed E-state index contributed by atoms with van der Waals surface area (Å²) in [4.78, 5) is 31.6. The Labute approximate surface area is 238 Å². The lowest BCUT2D eigenvalue weighted by atomic mass is 9.92. The first kappa shape index (κ1) is 30.0. The molecule has 0 aromatic heterocycles. The van der Waals surface area contributed by atoms with Gasteiger partial charge in [-0.25, -0.2) is 0 Å². The van der Waals surface area contributed by atoms with Gasteiger partial charge in [0.2, 0.25) is 11.8 Å². The number of nitrogens with zero attached hydrogens (tertiary/aromatic N) is 2. The minimum Gasteiger partial charge on any atom is -0.493 e. The largest absolute Gasteiger partial charge is 0.493 e. The van der Waals surface area contributed by atoms with Crippen LogP contribution in [0.25, 0.3) is 0 Å². The number of ether oxygens (including phenoxy) is 2. The Morgan fingerprint density at radius 1 is 0.927 bits per heavy atom. The number of amides is 2. The molecule has 0 N–H and O–H groups in total. The summed E-state index contributed by atoms with van der Waals surface area (Å²) in [5, 5.41) is 0. The Morgan fingerprint density at radius 2 is 1.56 bits per heavy atom. The van der Waals surface area contributed by atoms with Gasteiger partial charge < -0.3 is 19.3 Å². The van der Waals surface area contributed by atoms with Gasteiger partial charge in [-0.2, -0.15) is 13.2 Å². The number of methoxy groups -OCH3 is 2. The molecular formula is C32H35F3N2O4. The molecule has 9 heteroatoms. The molecular weight excluding hydrogens is 533 g/mol. The lowest BCUT2D eigenvalue weighted by Crippen LogP contribution is -2.47. The monoisotopic (exact) mass is 568 g/mol. The van der Waals surface area contributed by atoms with Crippen molar-refractivity contribution >= 4 is 17.5 Å². The highest BCUT2D eigenvalue weighted by molar-refractivity contribution is 6.12. The third-order valence-corrected chi connectivity index (χ3v) is 7.57. The second-order valence-electron chi connectivity index (χ2n) is 10.3. The van der Waals surface area contributed by atoms with Crippen molar-refractivity contribution in [3.8, 4) is 11.5 Å². The predicted molar refractivity (Wildman–Crippen MR) is 151 cm³/mol. The molecule has 1 atom stereocenters. The van der Waals surface area contributed by atoms with Crippen molar-refractivity contribution in [1.29, 1.82) is 0 Å². The maximum atomic E-state index is 14.4. The van der Waals surface area contributed by atoms with Crippen LogP contribution < -0.4 is 14.4 Å².